The number of nitrogens with zero attached hydrogens (tertiary/aromatic N) is 4. The van der Waals surface area contributed by atoms with Gasteiger partial charge in [-0.15, -0.1) is 0 Å². The molecule has 4 rings (SSSR count). The Balaban J connectivity index is 0.00000228. The third-order valence-corrected chi connectivity index (χ3v) is 5.65. The molecule has 0 saturated heterocycles. The van der Waals surface area contributed by atoms with Crippen molar-refractivity contribution in [2.24, 2.45) is 9.98 Å². The summed E-state index contributed by atoms with van der Waals surface area (Å²) in [6, 6.07) is 28.7. The fourth-order valence-corrected chi connectivity index (χ4v) is 3.69. The van der Waals surface area contributed by atoms with E-state index in [9.17, 15) is 0 Å². The number of pyridine rings is 2. The van der Waals surface area contributed by atoms with Gasteiger partial charge in [0, 0.05) is 49.5 Å². The molecule has 0 atom stereocenters. The van der Waals surface area contributed by atoms with Gasteiger partial charge in [-0.1, -0.05) is 60.7 Å². The van der Waals surface area contributed by atoms with Gasteiger partial charge >= 0.3 is 0 Å². The van der Waals surface area contributed by atoms with Gasteiger partial charge in [-0.3, -0.25) is 9.98 Å². The van der Waals surface area contributed by atoms with E-state index in [4.69, 9.17) is 0 Å². The van der Waals surface area contributed by atoms with E-state index < -0.39 is 0 Å². The highest BCUT2D eigenvalue weighted by molar-refractivity contribution is 5.82. The van der Waals surface area contributed by atoms with E-state index in [0.29, 0.717) is 0 Å². The van der Waals surface area contributed by atoms with Crippen molar-refractivity contribution in [2.45, 2.75) is 38.8 Å². The van der Waals surface area contributed by atoms with Crippen molar-refractivity contribution < 1.29 is 43.1 Å². The molecule has 0 spiro atoms. The zero-order chi connectivity index (χ0) is 23.3. The number of benzene rings is 2. The van der Waals surface area contributed by atoms with E-state index in [1.54, 1.807) is 0 Å². The largest absolute Gasteiger partial charge is 1.00 e. The van der Waals surface area contributed by atoms with Crippen molar-refractivity contribution in [1.29, 1.82) is 0 Å². The molecule has 0 amide bonds. The van der Waals surface area contributed by atoms with Crippen LogP contribution in [0.25, 0.3) is 0 Å². The second kappa shape index (κ2) is 16.7. The Hall–Kier alpha value is -2.96. The number of aromatic nitrogens is 2. The number of unbranched alkanes of at least 4 members (excludes halogenated alkanes) is 3. The molecule has 4 nitrogen and oxygen atoms in total. The summed E-state index contributed by atoms with van der Waals surface area (Å²) in [4.78, 5) is 9.10. The van der Waals surface area contributed by atoms with Gasteiger partial charge in [0.05, 0.1) is 11.4 Å². The lowest BCUT2D eigenvalue weighted by Crippen LogP contribution is -3.00. The van der Waals surface area contributed by atoms with Gasteiger partial charge in [-0.2, -0.15) is 0 Å². The van der Waals surface area contributed by atoms with Gasteiger partial charge in [0.15, 0.2) is 24.8 Å². The second-order valence-corrected chi connectivity index (χ2v) is 8.34. The highest BCUT2D eigenvalue weighted by atomic mass is 79.9. The molecular weight excluding hydrogens is 576 g/mol. The van der Waals surface area contributed by atoms with Crippen LogP contribution < -0.4 is 43.1 Å². The van der Waals surface area contributed by atoms with Crippen LogP contribution in [0, 0.1) is 0 Å². The summed E-state index contributed by atoms with van der Waals surface area (Å²) in [5, 5.41) is 0. The average molecular weight is 608 g/mol. The van der Waals surface area contributed by atoms with E-state index >= 15 is 0 Å². The molecule has 0 fully saturated rings. The Morgan fingerprint density at radius 3 is 1.19 bits per heavy atom. The molecule has 0 aliphatic rings. The summed E-state index contributed by atoms with van der Waals surface area (Å²) < 4.78 is 4.48. The van der Waals surface area contributed by atoms with E-state index in [1.165, 1.54) is 25.7 Å². The zero-order valence-electron chi connectivity index (χ0n) is 20.3. The molecule has 0 aliphatic carbocycles. The maximum atomic E-state index is 4.55. The molecule has 0 N–H and O–H groups in total. The number of rotatable bonds is 11. The minimum absolute atomic E-state index is 0. The van der Waals surface area contributed by atoms with Gasteiger partial charge in [-0.05, 0) is 24.0 Å². The van der Waals surface area contributed by atoms with Crippen molar-refractivity contribution in [1.82, 2.24) is 0 Å². The Labute approximate surface area is 235 Å². The summed E-state index contributed by atoms with van der Waals surface area (Å²) >= 11 is 0. The normalized spacial score (nSPS) is 10.8. The van der Waals surface area contributed by atoms with Crippen molar-refractivity contribution in [3.63, 3.8) is 0 Å². The van der Waals surface area contributed by atoms with Gasteiger partial charge in [0.2, 0.25) is 0 Å². The van der Waals surface area contributed by atoms with Crippen molar-refractivity contribution in [3.05, 3.63) is 121 Å². The van der Waals surface area contributed by atoms with Crippen LogP contribution in [0.2, 0.25) is 0 Å². The standard InChI is InChI=1S/C30H32N4.2BrH/c1(9-19-33-21-15-29(16-22-33)31-25-27-11-5-3-6-12-27)2-10-20-34-23-17-30(18-24-34)32-26-28-13-7-4-8-14-28;;/h3-8,11-18,21-26H,1-2,9-10,19-20H2;2*1H/q+2;;/p-2. The van der Waals surface area contributed by atoms with Crippen LogP contribution in [-0.2, 0) is 13.1 Å². The van der Waals surface area contributed by atoms with Gasteiger partial charge in [0.1, 0.15) is 13.1 Å². The Kier molecular flexibility index (Phi) is 13.5. The van der Waals surface area contributed by atoms with Gasteiger partial charge in [0.25, 0.3) is 0 Å². The van der Waals surface area contributed by atoms with Crippen LogP contribution in [0.3, 0.4) is 0 Å². The van der Waals surface area contributed by atoms with Crippen molar-refractivity contribution >= 4 is 23.8 Å². The summed E-state index contributed by atoms with van der Waals surface area (Å²) in [6.07, 6.45) is 17.1. The SMILES string of the molecule is C(=Nc1cc[n+](CCCCCC[n+]2ccc(N=Cc3ccccc3)cc2)cc1)c1ccccc1.[Br-].[Br-]. The van der Waals surface area contributed by atoms with E-state index in [0.717, 1.165) is 35.6 Å². The molecule has 0 aliphatic heterocycles. The number of hydrogen-bond acceptors (Lipinski definition) is 2. The lowest BCUT2D eigenvalue weighted by Gasteiger charge is -2.00. The minimum atomic E-state index is 0. The molecule has 2 aromatic carbocycles. The fourth-order valence-electron chi connectivity index (χ4n) is 3.69. The molecule has 186 valence electrons. The molecular formula is C30H32Br2N4. The number of aliphatic imine (C=N–C) groups is 2. The van der Waals surface area contributed by atoms with Crippen molar-refractivity contribution in [2.75, 3.05) is 0 Å². The Bertz CT molecular complexity index is 1080. The minimum Gasteiger partial charge on any atom is -1.00 e. The van der Waals surface area contributed by atoms with Crippen LogP contribution >= 0.6 is 0 Å². The molecule has 0 saturated carbocycles. The van der Waals surface area contributed by atoms with Gasteiger partial charge < -0.3 is 34.0 Å². The maximum absolute atomic E-state index is 4.55. The first-order chi connectivity index (χ1) is 16.8. The zero-order valence-corrected chi connectivity index (χ0v) is 23.5. The summed E-state index contributed by atoms with van der Waals surface area (Å²) in [6.45, 7) is 2.09. The third kappa shape index (κ3) is 10.3. The summed E-state index contributed by atoms with van der Waals surface area (Å²) in [5.41, 5.74) is 4.19. The summed E-state index contributed by atoms with van der Waals surface area (Å²) in [7, 11) is 0. The number of halogens is 2. The molecule has 0 radical (unpaired) electrons. The van der Waals surface area contributed by atoms with Crippen LogP contribution in [0.4, 0.5) is 11.4 Å². The van der Waals surface area contributed by atoms with E-state index in [1.807, 2.05) is 48.8 Å². The smallest absolute Gasteiger partial charge is 0.170 e. The predicted molar refractivity (Wildman–Crippen MR) is 139 cm³/mol. The topological polar surface area (TPSA) is 32.5 Å². The predicted octanol–water partition coefficient (Wildman–Crippen LogP) is 0.0314. The number of hydrogen-bond donors (Lipinski definition) is 0. The highest BCUT2D eigenvalue weighted by Crippen LogP contribution is 2.10. The van der Waals surface area contributed by atoms with Crippen LogP contribution in [0.5, 0.6) is 0 Å². The van der Waals surface area contributed by atoms with Crippen LogP contribution in [0.1, 0.15) is 36.8 Å². The summed E-state index contributed by atoms with van der Waals surface area (Å²) in [5.74, 6) is 0. The maximum Gasteiger partial charge on any atom is 0.170 e. The molecule has 2 heterocycles. The van der Waals surface area contributed by atoms with E-state index in [-0.39, 0.29) is 34.0 Å². The van der Waals surface area contributed by atoms with Crippen LogP contribution in [0.15, 0.2) is 120 Å². The Morgan fingerprint density at radius 2 is 0.833 bits per heavy atom. The molecule has 6 heteroatoms. The first kappa shape index (κ1) is 29.3. The second-order valence-electron chi connectivity index (χ2n) is 8.34. The van der Waals surface area contributed by atoms with Gasteiger partial charge in [-0.25, -0.2) is 9.13 Å². The molecule has 2 aromatic heterocycles. The fraction of sp³-hybridized carbons (Fsp3) is 0.200. The van der Waals surface area contributed by atoms with Crippen LogP contribution in [-0.4, -0.2) is 12.4 Å². The number of aryl methyl sites for hydroxylation is 2. The lowest BCUT2D eigenvalue weighted by molar-refractivity contribution is -0.698. The molecule has 4 aromatic rings. The first-order valence-electron chi connectivity index (χ1n) is 12.0. The Morgan fingerprint density at radius 1 is 0.472 bits per heavy atom. The molecule has 0 unspecified atom stereocenters. The monoisotopic (exact) mass is 606 g/mol. The molecule has 36 heavy (non-hydrogen) atoms. The average Bonchev–Trinajstić information content (AvgIpc) is 2.91. The quantitative estimate of drug-likeness (QED) is 0.131. The highest BCUT2D eigenvalue weighted by Gasteiger charge is 2.03. The molecule has 0 bridgehead atoms. The first-order valence-corrected chi connectivity index (χ1v) is 12.0. The third-order valence-electron chi connectivity index (χ3n) is 5.65. The lowest BCUT2D eigenvalue weighted by atomic mass is 10.2. The van der Waals surface area contributed by atoms with Crippen molar-refractivity contribution in [3.8, 4) is 0 Å². The van der Waals surface area contributed by atoms with E-state index in [2.05, 4.69) is 92.4 Å².